The van der Waals surface area contributed by atoms with Crippen molar-refractivity contribution in [1.29, 1.82) is 0 Å². The Morgan fingerprint density at radius 1 is 1.33 bits per heavy atom. The molecule has 7 nitrogen and oxygen atoms in total. The molecule has 21 heavy (non-hydrogen) atoms. The monoisotopic (exact) mass is 358 g/mol. The molecule has 114 valence electrons. The SMILES string of the molecule is COC(=O)C[C@H](NC(=O)Nc1cc(C)cc(Br)c1)C(=O)O. The molecule has 1 atom stereocenters. The molecule has 0 saturated carbocycles. The lowest BCUT2D eigenvalue weighted by Gasteiger charge is -2.14. The minimum atomic E-state index is -1.36. The summed E-state index contributed by atoms with van der Waals surface area (Å²) in [6, 6.07) is 3.18. The van der Waals surface area contributed by atoms with E-state index in [1.54, 1.807) is 12.1 Å². The van der Waals surface area contributed by atoms with Crippen LogP contribution < -0.4 is 10.6 Å². The third-order valence-electron chi connectivity index (χ3n) is 2.50. The van der Waals surface area contributed by atoms with E-state index < -0.39 is 30.4 Å². The van der Waals surface area contributed by atoms with E-state index in [0.717, 1.165) is 17.1 Å². The maximum Gasteiger partial charge on any atom is 0.326 e. The molecule has 2 amide bonds. The highest BCUT2D eigenvalue weighted by molar-refractivity contribution is 9.10. The first kappa shape index (κ1) is 17.0. The number of hydrogen-bond donors (Lipinski definition) is 3. The average molecular weight is 359 g/mol. The third kappa shape index (κ3) is 5.82. The van der Waals surface area contributed by atoms with Gasteiger partial charge < -0.3 is 20.5 Å². The number of carboxylic acids is 1. The quantitative estimate of drug-likeness (QED) is 0.697. The highest BCUT2D eigenvalue weighted by atomic mass is 79.9. The molecule has 0 saturated heterocycles. The number of rotatable bonds is 5. The summed E-state index contributed by atoms with van der Waals surface area (Å²) in [6.45, 7) is 1.85. The Labute approximate surface area is 129 Å². The topological polar surface area (TPSA) is 105 Å². The fourth-order valence-electron chi connectivity index (χ4n) is 1.58. The van der Waals surface area contributed by atoms with Gasteiger partial charge in [-0.15, -0.1) is 0 Å². The van der Waals surface area contributed by atoms with Crippen LogP contribution in [0.1, 0.15) is 12.0 Å². The van der Waals surface area contributed by atoms with Crippen LogP contribution in [-0.4, -0.2) is 36.2 Å². The maximum atomic E-state index is 11.8. The van der Waals surface area contributed by atoms with E-state index in [4.69, 9.17) is 5.11 Å². The molecular formula is C13H15BrN2O5. The average Bonchev–Trinajstić information content (AvgIpc) is 2.36. The van der Waals surface area contributed by atoms with Gasteiger partial charge in [-0.3, -0.25) is 4.79 Å². The van der Waals surface area contributed by atoms with Gasteiger partial charge in [0.15, 0.2) is 0 Å². The number of benzene rings is 1. The van der Waals surface area contributed by atoms with Gasteiger partial charge in [-0.1, -0.05) is 15.9 Å². The van der Waals surface area contributed by atoms with E-state index in [-0.39, 0.29) is 0 Å². The Bertz CT molecular complexity index is 541. The van der Waals surface area contributed by atoms with E-state index in [1.807, 2.05) is 13.0 Å². The Hall–Kier alpha value is -2.09. The van der Waals surface area contributed by atoms with Crippen molar-refractivity contribution >= 4 is 39.6 Å². The molecule has 8 heteroatoms. The summed E-state index contributed by atoms with van der Waals surface area (Å²) < 4.78 is 5.16. The van der Waals surface area contributed by atoms with E-state index in [1.165, 1.54) is 0 Å². The summed E-state index contributed by atoms with van der Waals surface area (Å²) in [5.41, 5.74) is 1.42. The molecule has 0 aliphatic carbocycles. The first-order chi connectivity index (χ1) is 9.81. The van der Waals surface area contributed by atoms with Gasteiger partial charge in [-0.05, 0) is 30.7 Å². The van der Waals surface area contributed by atoms with Crippen LogP contribution in [0.2, 0.25) is 0 Å². The summed E-state index contributed by atoms with van der Waals surface area (Å²) in [4.78, 5) is 33.8. The molecule has 0 aliphatic rings. The van der Waals surface area contributed by atoms with E-state index in [9.17, 15) is 14.4 Å². The zero-order valence-corrected chi connectivity index (χ0v) is 13.1. The molecule has 0 heterocycles. The number of carboxylic acid groups (broad SMARTS) is 1. The second-order valence-electron chi connectivity index (χ2n) is 4.29. The number of carbonyl (C=O) groups is 3. The molecule has 1 rings (SSSR count). The second-order valence-corrected chi connectivity index (χ2v) is 5.20. The minimum absolute atomic E-state index is 0.448. The number of hydrogen-bond acceptors (Lipinski definition) is 4. The van der Waals surface area contributed by atoms with Gasteiger partial charge in [0.05, 0.1) is 13.5 Å². The molecule has 0 radical (unpaired) electrons. The normalized spacial score (nSPS) is 11.4. The summed E-state index contributed by atoms with van der Waals surface area (Å²) in [5, 5.41) is 13.7. The van der Waals surface area contributed by atoms with Crippen LogP contribution in [0.5, 0.6) is 0 Å². The lowest BCUT2D eigenvalue weighted by molar-refractivity contribution is -0.147. The molecule has 0 spiro atoms. The second kappa shape index (κ2) is 7.63. The van der Waals surface area contributed by atoms with Gasteiger partial charge in [0.25, 0.3) is 0 Å². The van der Waals surface area contributed by atoms with Crippen molar-refractivity contribution in [2.45, 2.75) is 19.4 Å². The van der Waals surface area contributed by atoms with Crippen molar-refractivity contribution in [2.75, 3.05) is 12.4 Å². The van der Waals surface area contributed by atoms with Crippen LogP contribution in [0.4, 0.5) is 10.5 Å². The summed E-state index contributed by atoms with van der Waals surface area (Å²) >= 11 is 3.29. The number of ether oxygens (including phenoxy) is 1. The van der Waals surface area contributed by atoms with Crippen LogP contribution in [0.25, 0.3) is 0 Å². The lowest BCUT2D eigenvalue weighted by Crippen LogP contribution is -2.44. The van der Waals surface area contributed by atoms with Gasteiger partial charge in [0.2, 0.25) is 0 Å². The van der Waals surface area contributed by atoms with Crippen molar-refractivity contribution in [3.8, 4) is 0 Å². The third-order valence-corrected chi connectivity index (χ3v) is 2.96. The van der Waals surface area contributed by atoms with Crippen LogP contribution in [0.15, 0.2) is 22.7 Å². The molecule has 3 N–H and O–H groups in total. The predicted molar refractivity (Wildman–Crippen MR) is 79.1 cm³/mol. The zero-order valence-electron chi connectivity index (χ0n) is 11.5. The first-order valence-electron chi connectivity index (χ1n) is 5.96. The number of aryl methyl sites for hydroxylation is 1. The van der Waals surface area contributed by atoms with Crippen molar-refractivity contribution < 1.29 is 24.2 Å². The van der Waals surface area contributed by atoms with Gasteiger partial charge in [0.1, 0.15) is 6.04 Å². The molecule has 0 aliphatic heterocycles. The molecule has 0 fully saturated rings. The maximum absolute atomic E-state index is 11.8. The van der Waals surface area contributed by atoms with Gasteiger partial charge in [-0.25, -0.2) is 9.59 Å². The van der Waals surface area contributed by atoms with Crippen LogP contribution >= 0.6 is 15.9 Å². The van der Waals surface area contributed by atoms with Crippen LogP contribution in [-0.2, 0) is 14.3 Å². The number of urea groups is 1. The molecule has 0 aromatic heterocycles. The highest BCUT2D eigenvalue weighted by Crippen LogP contribution is 2.18. The summed E-state index contributed by atoms with van der Waals surface area (Å²) in [5.74, 6) is -2.04. The fraction of sp³-hybridized carbons (Fsp3) is 0.308. The zero-order chi connectivity index (χ0) is 16.0. The van der Waals surface area contributed by atoms with E-state index in [0.29, 0.717) is 5.69 Å². The molecule has 1 aromatic carbocycles. The number of carbonyl (C=O) groups excluding carboxylic acids is 2. The Kier molecular flexibility index (Phi) is 6.16. The number of aliphatic carboxylic acids is 1. The molecular weight excluding hydrogens is 344 g/mol. The first-order valence-corrected chi connectivity index (χ1v) is 6.75. The Morgan fingerprint density at radius 3 is 2.52 bits per heavy atom. The predicted octanol–water partition coefficient (Wildman–Crippen LogP) is 1.90. The number of esters is 1. The Morgan fingerprint density at radius 2 is 2.00 bits per heavy atom. The minimum Gasteiger partial charge on any atom is -0.480 e. The van der Waals surface area contributed by atoms with E-state index in [2.05, 4.69) is 31.3 Å². The number of nitrogens with one attached hydrogen (secondary N) is 2. The molecule has 0 unspecified atom stereocenters. The largest absolute Gasteiger partial charge is 0.480 e. The number of methoxy groups -OCH3 is 1. The van der Waals surface area contributed by atoms with Gasteiger partial charge in [0, 0.05) is 10.2 Å². The Balaban J connectivity index is 2.69. The highest BCUT2D eigenvalue weighted by Gasteiger charge is 2.23. The van der Waals surface area contributed by atoms with Crippen molar-refractivity contribution in [2.24, 2.45) is 0 Å². The standard InChI is InChI=1S/C13H15BrN2O5/c1-7-3-8(14)5-9(4-7)15-13(20)16-10(12(18)19)6-11(17)21-2/h3-5,10H,6H2,1-2H3,(H,18,19)(H2,15,16,20)/t10-/m0/s1. The lowest BCUT2D eigenvalue weighted by atomic mass is 10.2. The van der Waals surface area contributed by atoms with Crippen molar-refractivity contribution in [3.63, 3.8) is 0 Å². The van der Waals surface area contributed by atoms with Crippen molar-refractivity contribution in [1.82, 2.24) is 5.32 Å². The number of amides is 2. The summed E-state index contributed by atoms with van der Waals surface area (Å²) in [6.07, 6.45) is -0.448. The van der Waals surface area contributed by atoms with Gasteiger partial charge >= 0.3 is 18.0 Å². The van der Waals surface area contributed by atoms with Crippen LogP contribution in [0, 0.1) is 6.92 Å². The van der Waals surface area contributed by atoms with E-state index >= 15 is 0 Å². The van der Waals surface area contributed by atoms with Gasteiger partial charge in [-0.2, -0.15) is 0 Å². The summed E-state index contributed by atoms with van der Waals surface area (Å²) in [7, 11) is 1.14. The van der Waals surface area contributed by atoms with Crippen LogP contribution in [0.3, 0.4) is 0 Å². The molecule has 0 bridgehead atoms. The number of anilines is 1. The van der Waals surface area contributed by atoms with Crippen molar-refractivity contribution in [3.05, 3.63) is 28.2 Å². The fourth-order valence-corrected chi connectivity index (χ4v) is 2.19. The molecule has 1 aromatic rings. The number of halogens is 1. The smallest absolute Gasteiger partial charge is 0.326 e.